The number of aliphatic hydroxyl groups excluding tert-OH is 1. The Morgan fingerprint density at radius 1 is 0.903 bits per heavy atom. The summed E-state index contributed by atoms with van der Waals surface area (Å²) in [7, 11) is 0. The number of Topliss-reactive ketones (excluding diaryl/α,β-unsaturated/α-hetero) is 2. The molecule has 0 amide bonds. The predicted octanol–water partition coefficient (Wildman–Crippen LogP) is 6.89. The molecular weight excluding hydrogens is 404 g/mol. The standard InChI is InChI=1S/C27H32O3S/c1-8-17-9-10-19(18-11-13-20(14-12-18)31-16(2)3)15-21(17)22-23(28)26(4,5)25(30)27(6,7)24(22)29/h9-16,28H,8H2,1-7H3. The normalized spacial score (nSPS) is 18.1. The van der Waals surface area contributed by atoms with Crippen LogP contribution in [0.3, 0.4) is 0 Å². The fourth-order valence-electron chi connectivity index (χ4n) is 4.27. The van der Waals surface area contributed by atoms with Gasteiger partial charge in [-0.3, -0.25) is 9.59 Å². The summed E-state index contributed by atoms with van der Waals surface area (Å²) < 4.78 is 0. The molecule has 4 heteroatoms. The van der Waals surface area contributed by atoms with Gasteiger partial charge in [0.25, 0.3) is 0 Å². The summed E-state index contributed by atoms with van der Waals surface area (Å²) in [5.74, 6) is -0.694. The van der Waals surface area contributed by atoms with Crippen LogP contribution in [0.15, 0.2) is 53.1 Å². The molecule has 0 saturated heterocycles. The molecule has 0 unspecified atom stereocenters. The number of hydrogen-bond acceptors (Lipinski definition) is 4. The minimum Gasteiger partial charge on any atom is -0.510 e. The topological polar surface area (TPSA) is 54.4 Å². The molecule has 164 valence electrons. The first-order chi connectivity index (χ1) is 14.4. The molecule has 31 heavy (non-hydrogen) atoms. The Bertz CT molecular complexity index is 1060. The minimum absolute atomic E-state index is 0.127. The van der Waals surface area contributed by atoms with E-state index >= 15 is 0 Å². The third-order valence-corrected chi connectivity index (χ3v) is 7.09. The van der Waals surface area contributed by atoms with E-state index < -0.39 is 10.8 Å². The summed E-state index contributed by atoms with van der Waals surface area (Å²) in [6.07, 6.45) is 0.721. The third-order valence-electron chi connectivity index (χ3n) is 6.08. The maximum absolute atomic E-state index is 13.4. The number of allylic oxidation sites excluding steroid dienone is 2. The molecule has 2 aromatic carbocycles. The zero-order valence-electron chi connectivity index (χ0n) is 19.5. The van der Waals surface area contributed by atoms with Crippen LogP contribution in [0.4, 0.5) is 0 Å². The molecule has 0 radical (unpaired) electrons. The lowest BCUT2D eigenvalue weighted by Gasteiger charge is -2.38. The Morgan fingerprint density at radius 3 is 2.03 bits per heavy atom. The third kappa shape index (κ3) is 4.10. The fourth-order valence-corrected chi connectivity index (χ4v) is 5.11. The molecule has 1 N–H and O–H groups in total. The van der Waals surface area contributed by atoms with Crippen LogP contribution in [0.25, 0.3) is 16.7 Å². The SMILES string of the molecule is CCc1ccc(-c2ccc(SC(C)C)cc2)cc1C1=C(O)C(C)(C)C(=O)C(C)(C)C1=O. The number of carbonyl (C=O) groups is 2. The highest BCUT2D eigenvalue weighted by atomic mass is 32.2. The molecule has 0 heterocycles. The van der Waals surface area contributed by atoms with Crippen molar-refractivity contribution in [3.05, 3.63) is 59.4 Å². The van der Waals surface area contributed by atoms with E-state index in [0.29, 0.717) is 5.25 Å². The van der Waals surface area contributed by atoms with E-state index in [0.717, 1.165) is 28.7 Å². The minimum atomic E-state index is -1.18. The first-order valence-electron chi connectivity index (χ1n) is 10.8. The zero-order chi connectivity index (χ0) is 23.1. The van der Waals surface area contributed by atoms with Crippen molar-refractivity contribution >= 4 is 28.9 Å². The second-order valence-corrected chi connectivity index (χ2v) is 11.2. The summed E-state index contributed by atoms with van der Waals surface area (Å²) in [5, 5.41) is 11.6. The molecule has 1 aliphatic carbocycles. The average Bonchev–Trinajstić information content (AvgIpc) is 2.72. The van der Waals surface area contributed by atoms with Crippen LogP contribution < -0.4 is 0 Å². The lowest BCUT2D eigenvalue weighted by atomic mass is 9.62. The van der Waals surface area contributed by atoms with Gasteiger partial charge in [0.05, 0.1) is 16.4 Å². The zero-order valence-corrected chi connectivity index (χ0v) is 20.3. The Hall–Kier alpha value is -2.33. The molecule has 3 nitrogen and oxygen atoms in total. The van der Waals surface area contributed by atoms with Gasteiger partial charge in [0.1, 0.15) is 5.76 Å². The van der Waals surface area contributed by atoms with Crippen LogP contribution in [-0.4, -0.2) is 21.9 Å². The summed E-state index contributed by atoms with van der Waals surface area (Å²) in [6.45, 7) is 13.1. The lowest BCUT2D eigenvalue weighted by Crippen LogP contribution is -2.48. The summed E-state index contributed by atoms with van der Waals surface area (Å²) in [6, 6.07) is 14.5. The van der Waals surface area contributed by atoms with Crippen LogP contribution in [0.1, 0.15) is 59.6 Å². The van der Waals surface area contributed by atoms with Gasteiger partial charge in [0.2, 0.25) is 0 Å². The van der Waals surface area contributed by atoms with Crippen molar-refractivity contribution in [3.63, 3.8) is 0 Å². The van der Waals surface area contributed by atoms with Gasteiger partial charge < -0.3 is 5.11 Å². The Kier molecular flexibility index (Phi) is 6.25. The summed E-state index contributed by atoms with van der Waals surface area (Å²) in [5.41, 5.74) is 1.72. The predicted molar refractivity (Wildman–Crippen MR) is 129 cm³/mol. The van der Waals surface area contributed by atoms with Gasteiger partial charge in [-0.25, -0.2) is 0 Å². The van der Waals surface area contributed by atoms with Crippen LogP contribution in [0.5, 0.6) is 0 Å². The van der Waals surface area contributed by atoms with E-state index in [1.165, 1.54) is 4.90 Å². The number of benzene rings is 2. The Labute approximate surface area is 190 Å². The van der Waals surface area contributed by atoms with Gasteiger partial charge in [-0.15, -0.1) is 11.8 Å². The van der Waals surface area contributed by atoms with Crippen LogP contribution >= 0.6 is 11.8 Å². The number of carbonyl (C=O) groups excluding carboxylic acids is 2. The van der Waals surface area contributed by atoms with E-state index in [9.17, 15) is 14.7 Å². The highest BCUT2D eigenvalue weighted by Gasteiger charge is 2.53. The van der Waals surface area contributed by atoms with Crippen molar-refractivity contribution in [1.82, 2.24) is 0 Å². The van der Waals surface area contributed by atoms with Crippen LogP contribution in [0.2, 0.25) is 0 Å². The molecule has 0 atom stereocenters. The molecule has 3 rings (SSSR count). The highest BCUT2D eigenvalue weighted by molar-refractivity contribution is 7.99. The Morgan fingerprint density at radius 2 is 1.48 bits per heavy atom. The summed E-state index contributed by atoms with van der Waals surface area (Å²) in [4.78, 5) is 27.5. The molecular formula is C27H32O3S. The maximum atomic E-state index is 13.4. The van der Waals surface area contributed by atoms with Gasteiger partial charge in [-0.2, -0.15) is 0 Å². The van der Waals surface area contributed by atoms with Crippen molar-refractivity contribution in [2.45, 2.75) is 65.0 Å². The van der Waals surface area contributed by atoms with E-state index in [1.54, 1.807) is 27.7 Å². The molecule has 1 aliphatic rings. The monoisotopic (exact) mass is 436 g/mol. The molecule has 0 spiro atoms. The molecule has 0 aromatic heterocycles. The first-order valence-corrected chi connectivity index (χ1v) is 11.7. The number of thioether (sulfide) groups is 1. The van der Waals surface area contributed by atoms with Gasteiger partial charge >= 0.3 is 0 Å². The second-order valence-electron chi connectivity index (χ2n) is 9.55. The number of aryl methyl sites for hydroxylation is 1. The van der Waals surface area contributed by atoms with Gasteiger partial charge in [0.15, 0.2) is 11.6 Å². The molecule has 0 aliphatic heterocycles. The molecule has 0 saturated carbocycles. The van der Waals surface area contributed by atoms with E-state index in [1.807, 2.05) is 30.8 Å². The van der Waals surface area contributed by atoms with Gasteiger partial charge in [0, 0.05) is 10.1 Å². The van der Waals surface area contributed by atoms with Crippen molar-refractivity contribution in [3.8, 4) is 11.1 Å². The van der Waals surface area contributed by atoms with Gasteiger partial charge in [-0.05, 0) is 74.6 Å². The Balaban J connectivity index is 2.16. The maximum Gasteiger partial charge on any atom is 0.179 e. The highest BCUT2D eigenvalue weighted by Crippen LogP contribution is 2.47. The number of aliphatic hydroxyl groups is 1. The lowest BCUT2D eigenvalue weighted by molar-refractivity contribution is -0.143. The van der Waals surface area contributed by atoms with Gasteiger partial charge in [-0.1, -0.05) is 45.0 Å². The number of ketones is 2. The van der Waals surface area contributed by atoms with Crippen molar-refractivity contribution in [2.75, 3.05) is 0 Å². The van der Waals surface area contributed by atoms with E-state index in [2.05, 4.69) is 44.2 Å². The van der Waals surface area contributed by atoms with Crippen molar-refractivity contribution in [1.29, 1.82) is 0 Å². The quantitative estimate of drug-likeness (QED) is 0.409. The summed E-state index contributed by atoms with van der Waals surface area (Å²) >= 11 is 1.82. The molecule has 0 bridgehead atoms. The molecule has 0 fully saturated rings. The number of hydrogen-bond donors (Lipinski definition) is 1. The number of rotatable bonds is 5. The van der Waals surface area contributed by atoms with Crippen molar-refractivity contribution < 1.29 is 14.7 Å². The molecule has 2 aromatic rings. The smallest absolute Gasteiger partial charge is 0.179 e. The average molecular weight is 437 g/mol. The largest absolute Gasteiger partial charge is 0.510 e. The van der Waals surface area contributed by atoms with E-state index in [-0.39, 0.29) is 22.9 Å². The first kappa shape index (κ1) is 23.3. The second kappa shape index (κ2) is 8.31. The fraction of sp³-hybridized carbons (Fsp3) is 0.407. The van der Waals surface area contributed by atoms with Crippen LogP contribution in [0, 0.1) is 10.8 Å². The van der Waals surface area contributed by atoms with E-state index in [4.69, 9.17) is 0 Å². The van der Waals surface area contributed by atoms with Crippen LogP contribution in [-0.2, 0) is 16.0 Å². The van der Waals surface area contributed by atoms with Crippen molar-refractivity contribution in [2.24, 2.45) is 10.8 Å².